The van der Waals surface area contributed by atoms with E-state index in [0.29, 0.717) is 61.5 Å². The van der Waals surface area contributed by atoms with E-state index in [9.17, 15) is 28.0 Å². The van der Waals surface area contributed by atoms with E-state index in [1.54, 1.807) is 48.5 Å². The second-order valence-corrected chi connectivity index (χ2v) is 10.3. The van der Waals surface area contributed by atoms with Crippen molar-refractivity contribution in [1.29, 1.82) is 0 Å². The molecule has 0 aromatic heterocycles. The topological polar surface area (TPSA) is 126 Å². The van der Waals surface area contributed by atoms with Gasteiger partial charge in [-0.15, -0.1) is 0 Å². The number of carbonyl (C=O) groups is 4. The molecule has 0 spiro atoms. The van der Waals surface area contributed by atoms with Crippen LogP contribution >= 0.6 is 0 Å². The van der Waals surface area contributed by atoms with Gasteiger partial charge in [-0.1, -0.05) is 37.4 Å². The molecule has 1 amide bonds. The highest BCUT2D eigenvalue weighted by atomic mass is 19.2. The fourth-order valence-electron chi connectivity index (χ4n) is 3.96. The van der Waals surface area contributed by atoms with Crippen LogP contribution < -0.4 is 19.5 Å². The molecule has 10 nitrogen and oxygen atoms in total. The van der Waals surface area contributed by atoms with Crippen LogP contribution in [0, 0.1) is 11.6 Å². The predicted octanol–water partition coefficient (Wildman–Crippen LogP) is 7.01. The summed E-state index contributed by atoms with van der Waals surface area (Å²) in [5.74, 6) is -4.86. The van der Waals surface area contributed by atoms with Gasteiger partial charge in [-0.25, -0.2) is 18.8 Å². The van der Waals surface area contributed by atoms with Crippen LogP contribution in [0.2, 0.25) is 0 Å². The van der Waals surface area contributed by atoms with Crippen molar-refractivity contribution >= 4 is 41.7 Å². The highest BCUT2D eigenvalue weighted by Gasteiger charge is 2.17. The predicted molar refractivity (Wildman–Crippen MR) is 183 cm³/mol. The fraction of sp³-hybridized carbons (Fsp3) is 0.211. The molecule has 1 N–H and O–H groups in total. The van der Waals surface area contributed by atoms with E-state index in [4.69, 9.17) is 23.7 Å². The van der Waals surface area contributed by atoms with Crippen LogP contribution in [0.3, 0.4) is 0 Å². The van der Waals surface area contributed by atoms with Gasteiger partial charge in [0.1, 0.15) is 11.5 Å². The van der Waals surface area contributed by atoms with Crippen molar-refractivity contribution in [2.24, 2.45) is 0 Å². The van der Waals surface area contributed by atoms with Crippen LogP contribution in [0.15, 0.2) is 98.1 Å². The molecule has 12 heteroatoms. The maximum absolute atomic E-state index is 14.7. The molecule has 0 atom stereocenters. The van der Waals surface area contributed by atoms with E-state index in [1.807, 2.05) is 0 Å². The zero-order valence-electron chi connectivity index (χ0n) is 27.2. The molecule has 0 aliphatic heterocycles. The second-order valence-electron chi connectivity index (χ2n) is 10.3. The number of unbranched alkanes of at least 4 members (excludes halogenated alkanes) is 2. The number of hydrogen-bond acceptors (Lipinski definition) is 9. The minimum atomic E-state index is -1.44. The Bertz CT molecular complexity index is 1560. The summed E-state index contributed by atoms with van der Waals surface area (Å²) in [6.45, 7) is 8.05. The summed E-state index contributed by atoms with van der Waals surface area (Å²) in [4.78, 5) is 46.6. The minimum absolute atomic E-state index is 0.278. The number of hydrogen-bond donors (Lipinski definition) is 1. The van der Waals surface area contributed by atoms with Crippen molar-refractivity contribution in [3.05, 3.63) is 121 Å². The molecular weight excluding hydrogens is 652 g/mol. The van der Waals surface area contributed by atoms with Crippen molar-refractivity contribution in [1.82, 2.24) is 0 Å². The Balaban J connectivity index is 1.41. The van der Waals surface area contributed by atoms with Gasteiger partial charge in [0.05, 0.1) is 32.1 Å². The van der Waals surface area contributed by atoms with Crippen molar-refractivity contribution in [2.45, 2.75) is 25.7 Å². The van der Waals surface area contributed by atoms with E-state index in [-0.39, 0.29) is 13.2 Å². The summed E-state index contributed by atoms with van der Waals surface area (Å²) < 4.78 is 55.3. The number of amides is 1. The van der Waals surface area contributed by atoms with Gasteiger partial charge in [0.25, 0.3) is 0 Å². The van der Waals surface area contributed by atoms with Gasteiger partial charge in [0.15, 0.2) is 11.6 Å². The molecule has 3 rings (SSSR count). The fourth-order valence-corrected chi connectivity index (χ4v) is 3.96. The minimum Gasteiger partial charge on any atom is -0.494 e. The molecule has 3 aromatic carbocycles. The number of esters is 3. The highest BCUT2D eigenvalue weighted by Crippen LogP contribution is 2.26. The molecule has 50 heavy (non-hydrogen) atoms. The summed E-state index contributed by atoms with van der Waals surface area (Å²) in [7, 11) is 0. The lowest BCUT2D eigenvalue weighted by Gasteiger charge is -2.09. The summed E-state index contributed by atoms with van der Waals surface area (Å²) in [5, 5.41) is 2.26. The van der Waals surface area contributed by atoms with E-state index in [0.717, 1.165) is 36.4 Å². The zero-order valence-corrected chi connectivity index (χ0v) is 27.2. The Morgan fingerprint density at radius 2 is 1.08 bits per heavy atom. The Labute approximate surface area is 288 Å². The van der Waals surface area contributed by atoms with Gasteiger partial charge in [0.2, 0.25) is 11.7 Å². The smallest absolute Gasteiger partial charge is 0.336 e. The first-order valence-electron chi connectivity index (χ1n) is 15.6. The third kappa shape index (κ3) is 14.0. The normalized spacial score (nSPS) is 10.8. The van der Waals surface area contributed by atoms with Crippen LogP contribution in [-0.4, -0.2) is 50.2 Å². The third-order valence-electron chi connectivity index (χ3n) is 6.55. The van der Waals surface area contributed by atoms with Crippen LogP contribution in [0.5, 0.6) is 17.2 Å². The summed E-state index contributed by atoms with van der Waals surface area (Å²) in [5.41, 5.74) is 0.853. The van der Waals surface area contributed by atoms with Gasteiger partial charge in [-0.2, -0.15) is 4.39 Å². The highest BCUT2D eigenvalue weighted by molar-refractivity contribution is 6.02. The molecule has 0 saturated heterocycles. The van der Waals surface area contributed by atoms with Crippen LogP contribution in [-0.2, 0) is 28.7 Å². The summed E-state index contributed by atoms with van der Waals surface area (Å²) >= 11 is 0. The average molecular weight is 690 g/mol. The first kappa shape index (κ1) is 38.4. The van der Waals surface area contributed by atoms with Gasteiger partial charge < -0.3 is 29.0 Å². The maximum Gasteiger partial charge on any atom is 0.336 e. The zero-order chi connectivity index (χ0) is 36.1. The molecule has 0 fully saturated rings. The molecule has 0 aliphatic rings. The Kier molecular flexibility index (Phi) is 16.2. The van der Waals surface area contributed by atoms with Gasteiger partial charge in [-0.3, -0.25) is 4.79 Å². The molecule has 0 bridgehead atoms. The molecule has 262 valence electrons. The lowest BCUT2D eigenvalue weighted by atomic mass is 10.2. The lowest BCUT2D eigenvalue weighted by molar-refractivity contribution is -0.138. The third-order valence-corrected chi connectivity index (χ3v) is 6.55. The number of benzene rings is 3. The van der Waals surface area contributed by atoms with Crippen LogP contribution in [0.1, 0.15) is 36.8 Å². The number of rotatable bonds is 20. The summed E-state index contributed by atoms with van der Waals surface area (Å²) in [6.07, 6.45) is 9.97. The number of anilines is 1. The second kappa shape index (κ2) is 21.0. The van der Waals surface area contributed by atoms with Crippen molar-refractivity contribution < 1.29 is 51.6 Å². The SMILES string of the molecule is C=CC(=O)OCCCCOc1ccc(C=CC(=O)Nc2ccc(OC(=O)C=Cc3ccc(OCCCCOC(=O)C=C)cc3)c(F)c2F)cc1. The lowest BCUT2D eigenvalue weighted by Crippen LogP contribution is -2.11. The number of carbonyl (C=O) groups excluding carboxylic acids is 4. The molecular formula is C38H37F2NO9. The van der Waals surface area contributed by atoms with Gasteiger partial charge >= 0.3 is 17.9 Å². The van der Waals surface area contributed by atoms with Crippen LogP contribution in [0.25, 0.3) is 12.2 Å². The Hall–Kier alpha value is -6.04. The number of nitrogens with one attached hydrogen (secondary N) is 1. The van der Waals surface area contributed by atoms with Crippen molar-refractivity contribution in [3.63, 3.8) is 0 Å². The van der Waals surface area contributed by atoms with E-state index in [2.05, 4.69) is 18.5 Å². The number of halogens is 2. The average Bonchev–Trinajstić information content (AvgIpc) is 3.13. The van der Waals surface area contributed by atoms with E-state index >= 15 is 0 Å². The molecule has 0 saturated carbocycles. The Morgan fingerprint density at radius 1 is 0.600 bits per heavy atom. The first-order valence-corrected chi connectivity index (χ1v) is 15.6. The Morgan fingerprint density at radius 3 is 1.58 bits per heavy atom. The summed E-state index contributed by atoms with van der Waals surface area (Å²) in [6, 6.07) is 15.8. The van der Waals surface area contributed by atoms with Gasteiger partial charge in [0, 0.05) is 24.3 Å². The van der Waals surface area contributed by atoms with Crippen molar-refractivity contribution in [3.8, 4) is 17.2 Å². The van der Waals surface area contributed by atoms with Gasteiger partial charge in [-0.05, 0) is 85.4 Å². The standard InChI is InChI=1S/C38H37F2NO9/c1-3-34(43)48-25-7-5-23-46-29-15-9-27(10-16-29)13-21-33(42)41-31-19-20-32(38(40)37(31)39)50-36(45)22-14-28-11-17-30(18-12-28)47-24-6-8-26-49-35(44)4-2/h3-4,9-22H,1-2,5-8,23-26H2,(H,41,42). The largest absolute Gasteiger partial charge is 0.494 e. The quantitative estimate of drug-likeness (QED) is 0.0577. The molecule has 0 aliphatic carbocycles. The monoisotopic (exact) mass is 689 g/mol. The van der Waals surface area contributed by atoms with E-state index in [1.165, 1.54) is 12.2 Å². The van der Waals surface area contributed by atoms with Crippen LogP contribution in [0.4, 0.5) is 14.5 Å². The molecule has 0 heterocycles. The van der Waals surface area contributed by atoms with E-state index < -0.39 is 46.9 Å². The maximum atomic E-state index is 14.7. The molecule has 3 aromatic rings. The molecule has 0 unspecified atom stereocenters. The molecule has 0 radical (unpaired) electrons. The van der Waals surface area contributed by atoms with Crippen molar-refractivity contribution in [2.75, 3.05) is 31.7 Å². The first-order chi connectivity index (χ1) is 24.2. The number of ether oxygens (including phenoxy) is 5.